The minimum absolute atomic E-state index is 0.343. The van der Waals surface area contributed by atoms with Gasteiger partial charge in [0.15, 0.2) is 0 Å². The SMILES string of the molecule is CCN(C1=C(Sc2ccc(C)cc2)C(=O)N(c2ccc(C)c(Cl)c2)C1=O)c1ccccc1. The van der Waals surface area contributed by atoms with Gasteiger partial charge in [-0.05, 0) is 62.7 Å². The molecule has 0 spiro atoms. The molecule has 0 unspecified atom stereocenters. The summed E-state index contributed by atoms with van der Waals surface area (Å²) >= 11 is 7.63. The summed E-state index contributed by atoms with van der Waals surface area (Å²) in [7, 11) is 0. The van der Waals surface area contributed by atoms with Crippen LogP contribution in [0.1, 0.15) is 18.1 Å². The monoisotopic (exact) mass is 462 g/mol. The highest BCUT2D eigenvalue weighted by Gasteiger charge is 2.42. The number of halogens is 1. The molecular weight excluding hydrogens is 440 g/mol. The van der Waals surface area contributed by atoms with Crippen LogP contribution in [0.2, 0.25) is 5.02 Å². The van der Waals surface area contributed by atoms with E-state index >= 15 is 0 Å². The third-order valence-electron chi connectivity index (χ3n) is 5.33. The molecule has 0 saturated heterocycles. The standard InChI is InChI=1S/C26H23ClN2O2S/c1-4-28(19-8-6-5-7-9-19)23-24(32-21-14-10-17(2)11-15-21)26(31)29(25(23)30)20-13-12-18(3)22(27)16-20/h5-16H,4H2,1-3H3. The summed E-state index contributed by atoms with van der Waals surface area (Å²) in [6, 6.07) is 22.8. The minimum Gasteiger partial charge on any atom is -0.336 e. The Kier molecular flexibility index (Phi) is 6.40. The maximum atomic E-state index is 13.7. The molecular formula is C26H23ClN2O2S. The fourth-order valence-electron chi connectivity index (χ4n) is 3.59. The molecule has 1 aliphatic rings. The third-order valence-corrected chi connectivity index (χ3v) is 6.81. The van der Waals surface area contributed by atoms with Gasteiger partial charge in [-0.25, -0.2) is 4.90 Å². The molecule has 2 amide bonds. The number of para-hydroxylation sites is 1. The molecule has 0 atom stereocenters. The minimum atomic E-state index is -0.352. The van der Waals surface area contributed by atoms with Crippen LogP contribution in [0.15, 0.2) is 88.3 Å². The number of nitrogens with zero attached hydrogens (tertiary/aromatic N) is 2. The highest BCUT2D eigenvalue weighted by molar-refractivity contribution is 8.04. The molecule has 32 heavy (non-hydrogen) atoms. The van der Waals surface area contributed by atoms with Gasteiger partial charge in [-0.15, -0.1) is 0 Å². The lowest BCUT2D eigenvalue weighted by atomic mass is 10.2. The molecule has 162 valence electrons. The topological polar surface area (TPSA) is 40.6 Å². The molecule has 6 heteroatoms. The van der Waals surface area contributed by atoms with E-state index in [1.54, 1.807) is 12.1 Å². The molecule has 0 N–H and O–H groups in total. The van der Waals surface area contributed by atoms with Crippen molar-refractivity contribution in [3.8, 4) is 0 Å². The Bertz CT molecular complexity index is 1210. The van der Waals surface area contributed by atoms with Gasteiger partial charge in [0, 0.05) is 22.2 Å². The van der Waals surface area contributed by atoms with Gasteiger partial charge in [0.25, 0.3) is 11.8 Å². The molecule has 3 aromatic carbocycles. The summed E-state index contributed by atoms with van der Waals surface area (Å²) in [4.78, 5) is 31.7. The van der Waals surface area contributed by atoms with Crippen LogP contribution in [0.4, 0.5) is 11.4 Å². The van der Waals surface area contributed by atoms with Crippen LogP contribution < -0.4 is 9.80 Å². The predicted molar refractivity (Wildman–Crippen MR) is 132 cm³/mol. The molecule has 0 saturated carbocycles. The summed E-state index contributed by atoms with van der Waals surface area (Å²) in [6.07, 6.45) is 0. The Morgan fingerprint density at radius 3 is 2.22 bits per heavy atom. The van der Waals surface area contributed by atoms with Gasteiger partial charge in [-0.1, -0.05) is 65.3 Å². The molecule has 0 radical (unpaired) electrons. The van der Waals surface area contributed by atoms with Crippen LogP contribution in [0, 0.1) is 13.8 Å². The van der Waals surface area contributed by atoms with Crippen LogP contribution in [-0.4, -0.2) is 18.4 Å². The molecule has 3 aromatic rings. The van der Waals surface area contributed by atoms with Crippen molar-refractivity contribution in [2.24, 2.45) is 0 Å². The van der Waals surface area contributed by atoms with E-state index in [-0.39, 0.29) is 11.8 Å². The van der Waals surface area contributed by atoms with Gasteiger partial charge < -0.3 is 4.90 Å². The average Bonchev–Trinajstić information content (AvgIpc) is 3.03. The summed E-state index contributed by atoms with van der Waals surface area (Å²) in [5.74, 6) is -0.694. The van der Waals surface area contributed by atoms with Crippen molar-refractivity contribution in [1.82, 2.24) is 0 Å². The van der Waals surface area contributed by atoms with Crippen LogP contribution in [0.25, 0.3) is 0 Å². The lowest BCUT2D eigenvalue weighted by Crippen LogP contribution is -2.35. The average molecular weight is 463 g/mol. The number of anilines is 2. The number of carbonyl (C=O) groups is 2. The molecule has 0 aliphatic carbocycles. The summed E-state index contributed by atoms with van der Waals surface area (Å²) in [5.41, 5.74) is 3.73. The maximum Gasteiger partial charge on any atom is 0.283 e. The number of thioether (sulfide) groups is 1. The highest BCUT2D eigenvalue weighted by atomic mass is 35.5. The first-order valence-corrected chi connectivity index (χ1v) is 11.6. The van der Waals surface area contributed by atoms with Crippen molar-refractivity contribution in [3.05, 3.63) is 99.5 Å². The zero-order valence-corrected chi connectivity index (χ0v) is 19.7. The quantitative estimate of drug-likeness (QED) is 0.399. The fourth-order valence-corrected chi connectivity index (χ4v) is 4.74. The highest BCUT2D eigenvalue weighted by Crippen LogP contribution is 2.40. The van der Waals surface area contributed by atoms with Gasteiger partial charge in [0.05, 0.1) is 5.69 Å². The number of amides is 2. The Labute approximate surface area is 197 Å². The van der Waals surface area contributed by atoms with Crippen molar-refractivity contribution < 1.29 is 9.59 Å². The Balaban J connectivity index is 1.83. The first-order valence-electron chi connectivity index (χ1n) is 10.4. The first-order chi connectivity index (χ1) is 15.4. The van der Waals surface area contributed by atoms with Crippen molar-refractivity contribution in [3.63, 3.8) is 0 Å². The second-order valence-electron chi connectivity index (χ2n) is 7.55. The van der Waals surface area contributed by atoms with Gasteiger partial charge >= 0.3 is 0 Å². The largest absolute Gasteiger partial charge is 0.336 e. The van der Waals surface area contributed by atoms with Crippen molar-refractivity contribution in [2.75, 3.05) is 16.3 Å². The number of hydrogen-bond acceptors (Lipinski definition) is 4. The van der Waals surface area contributed by atoms with Crippen molar-refractivity contribution in [1.29, 1.82) is 0 Å². The predicted octanol–water partition coefficient (Wildman–Crippen LogP) is 6.36. The summed E-state index contributed by atoms with van der Waals surface area (Å²) < 4.78 is 0. The Morgan fingerprint density at radius 1 is 0.906 bits per heavy atom. The van der Waals surface area contributed by atoms with E-state index in [4.69, 9.17) is 11.6 Å². The Hall–Kier alpha value is -3.02. The fraction of sp³-hybridized carbons (Fsp3) is 0.154. The number of rotatable bonds is 6. The molecule has 1 aliphatic heterocycles. The molecule has 0 bridgehead atoms. The van der Waals surface area contributed by atoms with E-state index in [2.05, 4.69) is 0 Å². The lowest BCUT2D eigenvalue weighted by molar-refractivity contribution is -0.120. The van der Waals surface area contributed by atoms with Crippen LogP contribution >= 0.6 is 23.4 Å². The summed E-state index contributed by atoms with van der Waals surface area (Å²) in [6.45, 7) is 6.41. The van der Waals surface area contributed by atoms with E-state index < -0.39 is 0 Å². The van der Waals surface area contributed by atoms with Crippen molar-refractivity contribution in [2.45, 2.75) is 25.7 Å². The maximum absolute atomic E-state index is 13.7. The van der Waals surface area contributed by atoms with E-state index in [1.165, 1.54) is 16.7 Å². The number of imide groups is 1. The first kappa shape index (κ1) is 22.2. The van der Waals surface area contributed by atoms with Gasteiger partial charge in [-0.3, -0.25) is 9.59 Å². The van der Waals surface area contributed by atoms with Gasteiger partial charge in [0.1, 0.15) is 10.6 Å². The molecule has 4 nitrogen and oxygen atoms in total. The molecule has 0 fully saturated rings. The molecule has 1 heterocycles. The second-order valence-corrected chi connectivity index (χ2v) is 9.04. The van der Waals surface area contributed by atoms with Gasteiger partial charge in [-0.2, -0.15) is 0 Å². The number of benzene rings is 3. The molecule has 4 rings (SSSR count). The number of carbonyl (C=O) groups excluding carboxylic acids is 2. The number of hydrogen-bond donors (Lipinski definition) is 0. The van der Waals surface area contributed by atoms with Crippen LogP contribution in [-0.2, 0) is 9.59 Å². The van der Waals surface area contributed by atoms with E-state index in [0.29, 0.717) is 27.9 Å². The normalized spacial score (nSPS) is 13.8. The van der Waals surface area contributed by atoms with E-state index in [0.717, 1.165) is 21.7 Å². The zero-order valence-electron chi connectivity index (χ0n) is 18.1. The lowest BCUT2D eigenvalue weighted by Gasteiger charge is -2.24. The van der Waals surface area contributed by atoms with E-state index in [9.17, 15) is 9.59 Å². The smallest absolute Gasteiger partial charge is 0.283 e. The number of likely N-dealkylation sites (N-methyl/N-ethyl adjacent to an activating group) is 1. The third kappa shape index (κ3) is 4.18. The van der Waals surface area contributed by atoms with E-state index in [1.807, 2.05) is 86.3 Å². The van der Waals surface area contributed by atoms with Crippen LogP contribution in [0.3, 0.4) is 0 Å². The molecule has 0 aromatic heterocycles. The number of aryl methyl sites for hydroxylation is 2. The zero-order chi connectivity index (χ0) is 22.8. The summed E-state index contributed by atoms with van der Waals surface area (Å²) in [5, 5.41) is 0.514. The van der Waals surface area contributed by atoms with Gasteiger partial charge in [0.2, 0.25) is 0 Å². The Morgan fingerprint density at radius 2 is 1.59 bits per heavy atom. The van der Waals surface area contributed by atoms with Crippen LogP contribution in [0.5, 0.6) is 0 Å². The second kappa shape index (κ2) is 9.23. The van der Waals surface area contributed by atoms with Crippen molar-refractivity contribution >= 4 is 46.6 Å².